The molecule has 18 heavy (non-hydrogen) atoms. The molecular weight excluding hydrogens is 230 g/mol. The van der Waals surface area contributed by atoms with E-state index in [0.29, 0.717) is 13.0 Å². The van der Waals surface area contributed by atoms with Crippen LogP contribution < -0.4 is 5.32 Å². The van der Waals surface area contributed by atoms with Crippen molar-refractivity contribution in [2.75, 3.05) is 13.3 Å². The van der Waals surface area contributed by atoms with Crippen molar-refractivity contribution in [3.8, 4) is 0 Å². The maximum Gasteiger partial charge on any atom is 0.321 e. The fourth-order valence-electron chi connectivity index (χ4n) is 1.57. The number of aliphatic carboxylic acids is 1. The van der Waals surface area contributed by atoms with Gasteiger partial charge in [-0.2, -0.15) is 0 Å². The van der Waals surface area contributed by atoms with Crippen LogP contribution in [0.3, 0.4) is 0 Å². The molecule has 0 saturated carbocycles. The van der Waals surface area contributed by atoms with Crippen LogP contribution in [-0.2, 0) is 16.0 Å². The lowest BCUT2D eigenvalue weighted by Crippen LogP contribution is -2.39. The molecule has 0 unspecified atom stereocenters. The Hall–Kier alpha value is -1.39. The highest BCUT2D eigenvalue weighted by atomic mass is 16.5. The molecule has 0 aliphatic carbocycles. The van der Waals surface area contributed by atoms with Crippen LogP contribution in [0.15, 0.2) is 30.3 Å². The zero-order valence-electron chi connectivity index (χ0n) is 10.8. The molecule has 0 fully saturated rings. The van der Waals surface area contributed by atoms with Crippen molar-refractivity contribution in [2.45, 2.75) is 32.2 Å². The van der Waals surface area contributed by atoms with E-state index in [2.05, 4.69) is 12.2 Å². The molecule has 1 aromatic rings. The molecule has 0 aliphatic heterocycles. The van der Waals surface area contributed by atoms with E-state index in [4.69, 9.17) is 9.84 Å². The molecule has 0 bridgehead atoms. The van der Waals surface area contributed by atoms with Crippen LogP contribution in [-0.4, -0.2) is 30.5 Å². The molecule has 0 saturated heterocycles. The van der Waals surface area contributed by atoms with Gasteiger partial charge in [-0.3, -0.25) is 10.1 Å². The minimum atomic E-state index is -0.849. The predicted octanol–water partition coefficient (Wildman–Crippen LogP) is 2.05. The maximum absolute atomic E-state index is 11.1. The van der Waals surface area contributed by atoms with E-state index in [1.165, 1.54) is 0 Å². The third kappa shape index (κ3) is 5.80. The lowest BCUT2D eigenvalue weighted by Gasteiger charge is -2.14. The summed E-state index contributed by atoms with van der Waals surface area (Å²) in [6.07, 6.45) is 2.54. The molecule has 2 N–H and O–H groups in total. The normalized spacial score (nSPS) is 12.3. The smallest absolute Gasteiger partial charge is 0.321 e. The Labute approximate surface area is 108 Å². The number of carboxylic acid groups (broad SMARTS) is 1. The van der Waals surface area contributed by atoms with E-state index in [1.807, 2.05) is 30.3 Å². The Morgan fingerprint density at radius 3 is 2.72 bits per heavy atom. The number of ether oxygens (including phenoxy) is 1. The topological polar surface area (TPSA) is 58.6 Å². The van der Waals surface area contributed by atoms with E-state index < -0.39 is 12.0 Å². The summed E-state index contributed by atoms with van der Waals surface area (Å²) in [7, 11) is 0. The summed E-state index contributed by atoms with van der Waals surface area (Å²) in [5.74, 6) is -0.849. The number of hydrogen-bond acceptors (Lipinski definition) is 3. The lowest BCUT2D eigenvalue weighted by atomic mass is 10.1. The van der Waals surface area contributed by atoms with Crippen LogP contribution in [0.25, 0.3) is 0 Å². The minimum Gasteiger partial charge on any atom is -0.480 e. The van der Waals surface area contributed by atoms with Crippen LogP contribution in [0.1, 0.15) is 25.3 Å². The predicted molar refractivity (Wildman–Crippen MR) is 70.4 cm³/mol. The van der Waals surface area contributed by atoms with Gasteiger partial charge in [-0.25, -0.2) is 0 Å². The van der Waals surface area contributed by atoms with Gasteiger partial charge in [0.2, 0.25) is 0 Å². The first-order chi connectivity index (χ1) is 8.74. The van der Waals surface area contributed by atoms with Crippen molar-refractivity contribution < 1.29 is 14.6 Å². The van der Waals surface area contributed by atoms with E-state index in [1.54, 1.807) is 0 Å². The van der Waals surface area contributed by atoms with Gasteiger partial charge in [-0.1, -0.05) is 43.7 Å². The fourth-order valence-corrected chi connectivity index (χ4v) is 1.57. The molecular formula is C14H21NO3. The summed E-state index contributed by atoms with van der Waals surface area (Å²) in [6, 6.07) is 8.98. The first-order valence-corrected chi connectivity index (χ1v) is 6.32. The first-order valence-electron chi connectivity index (χ1n) is 6.32. The molecule has 1 aromatic carbocycles. The van der Waals surface area contributed by atoms with Crippen molar-refractivity contribution in [1.29, 1.82) is 0 Å². The lowest BCUT2D eigenvalue weighted by molar-refractivity contribution is -0.140. The molecule has 1 atom stereocenters. The third-order valence-corrected chi connectivity index (χ3v) is 2.65. The van der Waals surface area contributed by atoms with Gasteiger partial charge in [-0.05, 0) is 18.4 Å². The van der Waals surface area contributed by atoms with Crippen LogP contribution in [0.2, 0.25) is 0 Å². The summed E-state index contributed by atoms with van der Waals surface area (Å²) in [4.78, 5) is 11.1. The maximum atomic E-state index is 11.1. The van der Waals surface area contributed by atoms with Crippen molar-refractivity contribution in [3.05, 3.63) is 35.9 Å². The molecule has 1 rings (SSSR count). The van der Waals surface area contributed by atoms with Gasteiger partial charge in [0.15, 0.2) is 0 Å². The summed E-state index contributed by atoms with van der Waals surface area (Å²) in [5, 5.41) is 12.0. The molecule has 4 heteroatoms. The van der Waals surface area contributed by atoms with Crippen LogP contribution >= 0.6 is 0 Å². The van der Waals surface area contributed by atoms with Gasteiger partial charge < -0.3 is 9.84 Å². The molecule has 0 aromatic heterocycles. The van der Waals surface area contributed by atoms with Gasteiger partial charge in [0.1, 0.15) is 6.04 Å². The van der Waals surface area contributed by atoms with E-state index in [0.717, 1.165) is 18.4 Å². The monoisotopic (exact) mass is 251 g/mol. The fraction of sp³-hybridized carbons (Fsp3) is 0.500. The average Bonchev–Trinajstić information content (AvgIpc) is 2.38. The minimum absolute atomic E-state index is 0.282. The average molecular weight is 251 g/mol. The van der Waals surface area contributed by atoms with E-state index in [-0.39, 0.29) is 6.73 Å². The second kappa shape index (κ2) is 8.66. The number of carboxylic acids is 1. The van der Waals surface area contributed by atoms with Crippen LogP contribution in [0.5, 0.6) is 0 Å². The first kappa shape index (κ1) is 14.7. The summed E-state index contributed by atoms with van der Waals surface area (Å²) >= 11 is 0. The Bertz CT molecular complexity index is 340. The van der Waals surface area contributed by atoms with Crippen molar-refractivity contribution in [3.63, 3.8) is 0 Å². The van der Waals surface area contributed by atoms with Crippen molar-refractivity contribution >= 4 is 5.97 Å². The number of unbranched alkanes of at least 4 members (excludes halogenated alkanes) is 1. The highest BCUT2D eigenvalue weighted by molar-refractivity contribution is 5.73. The van der Waals surface area contributed by atoms with Gasteiger partial charge in [-0.15, -0.1) is 0 Å². The van der Waals surface area contributed by atoms with Gasteiger partial charge in [0, 0.05) is 6.61 Å². The molecule has 0 aliphatic rings. The highest BCUT2D eigenvalue weighted by Crippen LogP contribution is 2.03. The zero-order valence-corrected chi connectivity index (χ0v) is 10.8. The van der Waals surface area contributed by atoms with Gasteiger partial charge >= 0.3 is 5.97 Å². The number of nitrogens with one attached hydrogen (secondary N) is 1. The number of carbonyl (C=O) groups is 1. The molecule has 100 valence electrons. The second-order valence-corrected chi connectivity index (χ2v) is 4.19. The quantitative estimate of drug-likeness (QED) is 0.521. The van der Waals surface area contributed by atoms with Crippen LogP contribution in [0.4, 0.5) is 0 Å². The molecule has 0 spiro atoms. The van der Waals surface area contributed by atoms with Crippen molar-refractivity contribution in [2.24, 2.45) is 0 Å². The molecule has 0 amide bonds. The Kier molecular flexibility index (Phi) is 7.06. The second-order valence-electron chi connectivity index (χ2n) is 4.19. The number of rotatable bonds is 9. The Morgan fingerprint density at radius 1 is 1.39 bits per heavy atom. The third-order valence-electron chi connectivity index (χ3n) is 2.65. The zero-order chi connectivity index (χ0) is 13.2. The van der Waals surface area contributed by atoms with Crippen molar-refractivity contribution in [1.82, 2.24) is 5.32 Å². The SMILES string of the molecule is CCCCOCN[C@@H](Cc1ccccc1)C(=O)O. The summed E-state index contributed by atoms with van der Waals surface area (Å²) in [6.45, 7) is 3.04. The molecule has 0 radical (unpaired) electrons. The van der Waals surface area contributed by atoms with Gasteiger partial charge in [0.05, 0.1) is 6.73 Å². The Morgan fingerprint density at radius 2 is 2.11 bits per heavy atom. The summed E-state index contributed by atoms with van der Waals surface area (Å²) < 4.78 is 5.32. The Balaban J connectivity index is 2.34. The van der Waals surface area contributed by atoms with E-state index >= 15 is 0 Å². The van der Waals surface area contributed by atoms with Gasteiger partial charge in [0.25, 0.3) is 0 Å². The standard InChI is InChI=1S/C14H21NO3/c1-2-3-9-18-11-15-13(14(16)17)10-12-7-5-4-6-8-12/h4-8,13,15H,2-3,9-11H2,1H3,(H,16,17)/t13-/m0/s1. The largest absolute Gasteiger partial charge is 0.480 e. The summed E-state index contributed by atoms with van der Waals surface area (Å²) in [5.41, 5.74) is 1.01. The number of benzene rings is 1. The van der Waals surface area contributed by atoms with E-state index in [9.17, 15) is 4.79 Å². The number of hydrogen-bond donors (Lipinski definition) is 2. The highest BCUT2D eigenvalue weighted by Gasteiger charge is 2.16. The molecule has 0 heterocycles. The molecule has 4 nitrogen and oxygen atoms in total. The van der Waals surface area contributed by atoms with Crippen LogP contribution in [0, 0.1) is 0 Å².